The molecule has 1 atom stereocenters. The summed E-state index contributed by atoms with van der Waals surface area (Å²) in [4.78, 5) is 6.45. The van der Waals surface area contributed by atoms with Gasteiger partial charge in [0.05, 0.1) is 13.2 Å². The maximum absolute atomic E-state index is 15.0. The molecule has 36 heavy (non-hydrogen) atoms. The second kappa shape index (κ2) is 9.59. The molecule has 7 nitrogen and oxygen atoms in total. The average molecular weight is 495 g/mol. The maximum atomic E-state index is 15.0. The van der Waals surface area contributed by atoms with Gasteiger partial charge in [0.15, 0.2) is 5.58 Å². The van der Waals surface area contributed by atoms with Gasteiger partial charge in [-0.1, -0.05) is 18.2 Å². The number of anilines is 2. The van der Waals surface area contributed by atoms with Crippen molar-refractivity contribution in [1.82, 2.24) is 9.88 Å². The Labute approximate surface area is 207 Å². The predicted octanol–water partition coefficient (Wildman–Crippen LogP) is 4.78. The van der Waals surface area contributed by atoms with E-state index in [1.807, 2.05) is 17.9 Å². The highest BCUT2D eigenvalue weighted by Crippen LogP contribution is 2.34. The van der Waals surface area contributed by atoms with E-state index >= 15 is 8.78 Å². The van der Waals surface area contributed by atoms with Crippen molar-refractivity contribution in [3.8, 4) is 11.1 Å². The van der Waals surface area contributed by atoms with Crippen LogP contribution in [0.3, 0.4) is 0 Å². The third-order valence-electron chi connectivity index (χ3n) is 6.38. The lowest BCUT2D eigenvalue weighted by atomic mass is 9.99. The smallest absolute Gasteiger partial charge is 0.300 e. The zero-order valence-electron chi connectivity index (χ0n) is 20.1. The van der Waals surface area contributed by atoms with Crippen LogP contribution in [-0.2, 0) is 17.0 Å². The van der Waals surface area contributed by atoms with Crippen LogP contribution in [0.4, 0.5) is 20.5 Å². The predicted molar refractivity (Wildman–Crippen MR) is 134 cm³/mol. The van der Waals surface area contributed by atoms with Crippen LogP contribution in [-0.4, -0.2) is 41.3 Å². The Balaban J connectivity index is 1.43. The number of rotatable bonds is 6. The number of hydrogen-bond acceptors (Lipinski definition) is 7. The van der Waals surface area contributed by atoms with Crippen LogP contribution in [0, 0.1) is 18.6 Å². The largest absolute Gasteiger partial charge is 0.423 e. The van der Waals surface area contributed by atoms with Crippen LogP contribution < -0.4 is 11.1 Å². The molecule has 1 saturated heterocycles. The number of aryl methyl sites for hydroxylation is 1. The summed E-state index contributed by atoms with van der Waals surface area (Å²) >= 11 is 0. The minimum atomic E-state index is -1.45. The molecule has 1 aliphatic heterocycles. The number of nitrogens with two attached hydrogens (primary N) is 1. The maximum Gasteiger partial charge on any atom is 0.300 e. The number of nitrogens with zero attached hydrogens (tertiary/aromatic N) is 2. The number of halogens is 2. The second-order valence-electron chi connectivity index (χ2n) is 9.28. The summed E-state index contributed by atoms with van der Waals surface area (Å²) in [5.74, 6) is -1.20. The lowest BCUT2D eigenvalue weighted by Crippen LogP contribution is -2.36. The molecule has 188 valence electrons. The summed E-state index contributed by atoms with van der Waals surface area (Å²) < 4.78 is 41.3. The molecule has 1 aliphatic rings. The van der Waals surface area contributed by atoms with Crippen molar-refractivity contribution < 1.29 is 23.0 Å². The van der Waals surface area contributed by atoms with Crippen molar-refractivity contribution in [2.24, 2.45) is 5.73 Å². The first kappa shape index (κ1) is 24.3. The SMILES string of the molecule is Cc1cc(Nc2nc3cccc(-c4cc(F)c(CN5CCOCC5)c(F)c4)c3o2)ccc1C(C)(N)O. The number of oxazole rings is 1. The summed E-state index contributed by atoms with van der Waals surface area (Å²) in [6, 6.07) is 13.5. The number of nitrogens with one attached hydrogen (secondary N) is 1. The van der Waals surface area contributed by atoms with Crippen LogP contribution in [0.1, 0.15) is 23.6 Å². The summed E-state index contributed by atoms with van der Waals surface area (Å²) in [7, 11) is 0. The van der Waals surface area contributed by atoms with Gasteiger partial charge in [0.2, 0.25) is 0 Å². The first-order chi connectivity index (χ1) is 17.2. The fourth-order valence-electron chi connectivity index (χ4n) is 4.56. The topological polar surface area (TPSA) is 96.8 Å². The van der Waals surface area contributed by atoms with Gasteiger partial charge in [0.25, 0.3) is 6.01 Å². The third-order valence-corrected chi connectivity index (χ3v) is 6.38. The molecule has 4 N–H and O–H groups in total. The Morgan fingerprint density at radius 1 is 1.11 bits per heavy atom. The normalized spacial score (nSPS) is 16.3. The number of hydrogen-bond donors (Lipinski definition) is 3. The highest BCUT2D eigenvalue weighted by Gasteiger charge is 2.21. The van der Waals surface area contributed by atoms with Crippen molar-refractivity contribution in [3.63, 3.8) is 0 Å². The fourth-order valence-corrected chi connectivity index (χ4v) is 4.56. The summed E-state index contributed by atoms with van der Waals surface area (Å²) in [5, 5.41) is 13.2. The molecule has 3 aromatic carbocycles. The van der Waals surface area contributed by atoms with Gasteiger partial charge in [-0.2, -0.15) is 4.98 Å². The summed E-state index contributed by atoms with van der Waals surface area (Å²) in [6.07, 6.45) is 0. The highest BCUT2D eigenvalue weighted by molar-refractivity contribution is 5.91. The molecular weight excluding hydrogens is 466 g/mol. The Bertz CT molecular complexity index is 1390. The zero-order chi connectivity index (χ0) is 25.4. The van der Waals surface area contributed by atoms with E-state index in [0.717, 1.165) is 5.56 Å². The zero-order valence-corrected chi connectivity index (χ0v) is 20.1. The number of ether oxygens (including phenoxy) is 1. The molecule has 0 saturated carbocycles. The molecule has 0 radical (unpaired) electrons. The van der Waals surface area contributed by atoms with Gasteiger partial charge < -0.3 is 25.3 Å². The number of para-hydroxylation sites is 1. The van der Waals surface area contributed by atoms with Crippen molar-refractivity contribution in [2.75, 3.05) is 31.6 Å². The van der Waals surface area contributed by atoms with Crippen LogP contribution >= 0.6 is 0 Å². The molecule has 0 aliphatic carbocycles. The monoisotopic (exact) mass is 494 g/mol. The number of aromatic nitrogens is 1. The van der Waals surface area contributed by atoms with E-state index < -0.39 is 17.4 Å². The van der Waals surface area contributed by atoms with Gasteiger partial charge in [-0.3, -0.25) is 4.90 Å². The second-order valence-corrected chi connectivity index (χ2v) is 9.28. The van der Waals surface area contributed by atoms with E-state index in [1.54, 1.807) is 30.3 Å². The van der Waals surface area contributed by atoms with Crippen molar-refractivity contribution in [3.05, 3.63) is 76.9 Å². The molecule has 1 aromatic heterocycles. The molecule has 1 fully saturated rings. The minimum Gasteiger partial charge on any atom is -0.423 e. The molecule has 0 amide bonds. The fraction of sp³-hybridized carbons (Fsp3) is 0.296. The van der Waals surface area contributed by atoms with Gasteiger partial charge in [-0.15, -0.1) is 0 Å². The Morgan fingerprint density at radius 2 is 1.83 bits per heavy atom. The van der Waals surface area contributed by atoms with Gasteiger partial charge in [-0.05, 0) is 55.3 Å². The van der Waals surface area contributed by atoms with E-state index in [9.17, 15) is 5.11 Å². The van der Waals surface area contributed by atoms with Gasteiger partial charge in [0.1, 0.15) is 22.9 Å². The van der Waals surface area contributed by atoms with Gasteiger partial charge >= 0.3 is 0 Å². The van der Waals surface area contributed by atoms with E-state index in [4.69, 9.17) is 14.9 Å². The standard InChI is InChI=1S/C27H28F2N4O3/c1-16-12-18(6-7-21(16)27(2,30)34)31-26-32-24-5-3-4-19(25(24)36-26)17-13-22(28)20(23(29)14-17)15-33-8-10-35-11-9-33/h3-7,12-14,34H,8-11,15,30H2,1-2H3,(H,31,32). The molecule has 9 heteroatoms. The molecule has 1 unspecified atom stereocenters. The number of aliphatic hydroxyl groups is 1. The molecule has 0 spiro atoms. The van der Waals surface area contributed by atoms with E-state index in [0.29, 0.717) is 59.8 Å². The van der Waals surface area contributed by atoms with Crippen LogP contribution in [0.15, 0.2) is 52.9 Å². The quantitative estimate of drug-likeness (QED) is 0.332. The molecule has 4 aromatic rings. The molecule has 0 bridgehead atoms. The molecular formula is C27H28F2N4O3. The van der Waals surface area contributed by atoms with Crippen molar-refractivity contribution in [2.45, 2.75) is 26.1 Å². The molecule has 5 rings (SSSR count). The van der Waals surface area contributed by atoms with E-state index in [2.05, 4.69) is 10.3 Å². The van der Waals surface area contributed by atoms with E-state index in [-0.39, 0.29) is 18.1 Å². The minimum absolute atomic E-state index is 0.0445. The Hall–Kier alpha value is -3.37. The first-order valence-corrected chi connectivity index (χ1v) is 11.8. The lowest BCUT2D eigenvalue weighted by molar-refractivity contribution is 0.0332. The van der Waals surface area contributed by atoms with Crippen LogP contribution in [0.2, 0.25) is 0 Å². The lowest BCUT2D eigenvalue weighted by Gasteiger charge is -2.26. The number of morpholine rings is 1. The Kier molecular flexibility index (Phi) is 6.48. The van der Waals surface area contributed by atoms with Gasteiger partial charge in [-0.25, -0.2) is 8.78 Å². The van der Waals surface area contributed by atoms with Crippen molar-refractivity contribution >= 4 is 22.8 Å². The average Bonchev–Trinajstić information content (AvgIpc) is 3.23. The van der Waals surface area contributed by atoms with Crippen molar-refractivity contribution in [1.29, 1.82) is 0 Å². The summed E-state index contributed by atoms with van der Waals surface area (Å²) in [6.45, 7) is 5.96. The van der Waals surface area contributed by atoms with Crippen LogP contribution in [0.25, 0.3) is 22.2 Å². The highest BCUT2D eigenvalue weighted by atomic mass is 19.1. The van der Waals surface area contributed by atoms with E-state index in [1.165, 1.54) is 19.1 Å². The molecule has 2 heterocycles. The summed E-state index contributed by atoms with van der Waals surface area (Å²) in [5.41, 5.74) is 8.37. The van der Waals surface area contributed by atoms with Crippen LogP contribution in [0.5, 0.6) is 0 Å². The Morgan fingerprint density at radius 3 is 2.50 bits per heavy atom. The van der Waals surface area contributed by atoms with Gasteiger partial charge in [0, 0.05) is 42.0 Å². The number of benzene rings is 3. The first-order valence-electron chi connectivity index (χ1n) is 11.8. The number of fused-ring (bicyclic) bond motifs is 1. The third kappa shape index (κ3) is 4.96.